The maximum atomic E-state index is 15.1. The summed E-state index contributed by atoms with van der Waals surface area (Å²) in [5.74, 6) is -1.79. The van der Waals surface area contributed by atoms with E-state index in [0.29, 0.717) is 43.9 Å². The molecular weight excluding hydrogens is 445 g/mol. The van der Waals surface area contributed by atoms with Gasteiger partial charge in [-0.3, -0.25) is 4.79 Å². The van der Waals surface area contributed by atoms with Crippen LogP contribution >= 0.6 is 0 Å². The fraction of sp³-hybridized carbons (Fsp3) is 0.455. The Kier molecular flexibility index (Phi) is 5.72. The van der Waals surface area contributed by atoms with Gasteiger partial charge in [0.25, 0.3) is 0 Å². The van der Waals surface area contributed by atoms with Crippen LogP contribution in [0.3, 0.4) is 0 Å². The summed E-state index contributed by atoms with van der Waals surface area (Å²) in [5, 5.41) is 21.4. The van der Waals surface area contributed by atoms with Crippen LogP contribution in [0.4, 0.5) is 10.2 Å². The lowest BCUT2D eigenvalue weighted by molar-refractivity contribution is 0.0695. The minimum absolute atomic E-state index is 0.00759. The number of fused-ring (bicyclic) bond motifs is 1. The van der Waals surface area contributed by atoms with Crippen molar-refractivity contribution in [2.24, 2.45) is 5.16 Å². The molecule has 12 heteroatoms. The quantitative estimate of drug-likeness (QED) is 0.413. The van der Waals surface area contributed by atoms with Gasteiger partial charge in [-0.25, -0.2) is 18.9 Å². The Balaban J connectivity index is 1.39. The topological polar surface area (TPSA) is 128 Å². The molecule has 0 aromatic carbocycles. The molecule has 1 saturated heterocycles. The number of pyridine rings is 2. The predicted octanol–water partition coefficient (Wildman–Crippen LogP) is 2.37. The van der Waals surface area contributed by atoms with E-state index >= 15 is 4.39 Å². The monoisotopic (exact) mass is 469 g/mol. The molecule has 2 fully saturated rings. The van der Waals surface area contributed by atoms with Gasteiger partial charge in [0.05, 0.1) is 23.8 Å². The van der Waals surface area contributed by atoms with Gasteiger partial charge in [-0.1, -0.05) is 10.4 Å². The molecular formula is C22H24FN7O4. The van der Waals surface area contributed by atoms with Crippen LogP contribution in [0.25, 0.3) is 11.0 Å². The van der Waals surface area contributed by atoms with E-state index in [1.165, 1.54) is 12.4 Å². The molecule has 11 nitrogen and oxygen atoms in total. The minimum atomic E-state index is -1.33. The minimum Gasteiger partial charge on any atom is -0.477 e. The van der Waals surface area contributed by atoms with E-state index in [0.717, 1.165) is 18.9 Å². The molecule has 0 spiro atoms. The summed E-state index contributed by atoms with van der Waals surface area (Å²) in [7, 11) is 0. The van der Waals surface area contributed by atoms with Crippen LogP contribution in [0, 0.1) is 5.82 Å². The highest BCUT2D eigenvalue weighted by molar-refractivity contribution is 5.92. The second kappa shape index (κ2) is 8.84. The molecule has 0 amide bonds. The van der Waals surface area contributed by atoms with Crippen molar-refractivity contribution in [3.8, 4) is 0 Å². The first kappa shape index (κ1) is 22.0. The summed E-state index contributed by atoms with van der Waals surface area (Å²) in [4.78, 5) is 35.5. The van der Waals surface area contributed by atoms with Crippen LogP contribution in [0.5, 0.6) is 0 Å². The van der Waals surface area contributed by atoms with Crippen molar-refractivity contribution >= 4 is 29.0 Å². The third-order valence-electron chi connectivity index (χ3n) is 6.16. The first-order chi connectivity index (χ1) is 16.5. The SMILES string of the molecule is CCO/N=C/c1cn(C2CCN(c3nc4c(cc3F)c(=O)c(C(=O)O)cn4C3CC3)CC2)nn1. The van der Waals surface area contributed by atoms with Gasteiger partial charge in [-0.05, 0) is 38.7 Å². The zero-order valence-corrected chi connectivity index (χ0v) is 18.6. The normalized spacial score (nSPS) is 17.1. The lowest BCUT2D eigenvalue weighted by Gasteiger charge is -2.33. The molecule has 1 aliphatic heterocycles. The summed E-state index contributed by atoms with van der Waals surface area (Å²) < 4.78 is 18.6. The summed E-state index contributed by atoms with van der Waals surface area (Å²) in [6, 6.07) is 1.30. The van der Waals surface area contributed by atoms with Gasteiger partial charge < -0.3 is 19.4 Å². The number of carboxylic acid groups (broad SMARTS) is 1. The van der Waals surface area contributed by atoms with Gasteiger partial charge in [0.1, 0.15) is 23.5 Å². The second-order valence-corrected chi connectivity index (χ2v) is 8.47. The molecule has 0 bridgehead atoms. The Morgan fingerprint density at radius 3 is 2.71 bits per heavy atom. The van der Waals surface area contributed by atoms with E-state index in [-0.39, 0.29) is 28.9 Å². The molecule has 34 heavy (non-hydrogen) atoms. The number of anilines is 1. The number of oxime groups is 1. The molecule has 1 saturated carbocycles. The van der Waals surface area contributed by atoms with Gasteiger partial charge in [0, 0.05) is 25.3 Å². The number of hydrogen-bond acceptors (Lipinski definition) is 8. The van der Waals surface area contributed by atoms with Crippen molar-refractivity contribution in [1.29, 1.82) is 0 Å². The van der Waals surface area contributed by atoms with Crippen molar-refractivity contribution in [3.05, 3.63) is 45.8 Å². The number of hydrogen-bond donors (Lipinski definition) is 1. The van der Waals surface area contributed by atoms with E-state index in [1.807, 2.05) is 11.8 Å². The molecule has 178 valence electrons. The number of aromatic carboxylic acids is 1. The molecule has 1 N–H and O–H groups in total. The summed E-state index contributed by atoms with van der Waals surface area (Å²) in [6.07, 6.45) is 7.79. The van der Waals surface area contributed by atoms with Crippen molar-refractivity contribution in [3.63, 3.8) is 0 Å². The fourth-order valence-electron chi connectivity index (χ4n) is 4.28. The van der Waals surface area contributed by atoms with Gasteiger partial charge in [-0.2, -0.15) is 0 Å². The Morgan fingerprint density at radius 2 is 2.03 bits per heavy atom. The molecule has 5 rings (SSSR count). The fourth-order valence-corrected chi connectivity index (χ4v) is 4.28. The molecule has 1 aliphatic carbocycles. The highest BCUT2D eigenvalue weighted by Crippen LogP contribution is 2.37. The van der Waals surface area contributed by atoms with Gasteiger partial charge in [0.15, 0.2) is 11.6 Å². The van der Waals surface area contributed by atoms with Crippen LogP contribution in [-0.2, 0) is 4.84 Å². The van der Waals surface area contributed by atoms with E-state index in [9.17, 15) is 14.7 Å². The summed E-state index contributed by atoms with van der Waals surface area (Å²) in [5.41, 5.74) is -0.166. The van der Waals surface area contributed by atoms with Crippen molar-refractivity contribution in [1.82, 2.24) is 24.5 Å². The third kappa shape index (κ3) is 4.11. The van der Waals surface area contributed by atoms with Gasteiger partial charge in [0.2, 0.25) is 5.43 Å². The standard InChI is InChI=1S/C22H24FN7O4/c1-2-34-24-10-13-11-30(27-26-13)15-5-7-28(8-6-15)21-18(23)9-16-19(31)17(22(32)33)12-29(14-3-4-14)20(16)25-21/h9-12,14-15H,2-8H2,1H3,(H,32,33)/b24-10+. The van der Waals surface area contributed by atoms with Crippen molar-refractivity contribution in [2.75, 3.05) is 24.6 Å². The second-order valence-electron chi connectivity index (χ2n) is 8.47. The van der Waals surface area contributed by atoms with Crippen LogP contribution in [-0.4, -0.2) is 61.5 Å². The smallest absolute Gasteiger partial charge is 0.341 e. The molecule has 0 atom stereocenters. The average molecular weight is 469 g/mol. The number of carboxylic acids is 1. The van der Waals surface area contributed by atoms with E-state index < -0.39 is 17.2 Å². The number of rotatable bonds is 7. The van der Waals surface area contributed by atoms with Crippen LogP contribution in [0.1, 0.15) is 60.7 Å². The largest absolute Gasteiger partial charge is 0.477 e. The first-order valence-corrected chi connectivity index (χ1v) is 11.3. The zero-order valence-electron chi connectivity index (χ0n) is 18.6. The third-order valence-corrected chi connectivity index (χ3v) is 6.16. The Morgan fingerprint density at radius 1 is 1.26 bits per heavy atom. The number of piperidine rings is 1. The maximum absolute atomic E-state index is 15.1. The number of nitrogens with zero attached hydrogens (tertiary/aromatic N) is 7. The Hall–Kier alpha value is -3.83. The summed E-state index contributed by atoms with van der Waals surface area (Å²) >= 11 is 0. The van der Waals surface area contributed by atoms with E-state index in [2.05, 4.69) is 20.5 Å². The van der Waals surface area contributed by atoms with Crippen molar-refractivity contribution in [2.45, 2.75) is 44.7 Å². The number of halogens is 1. The molecule has 3 aromatic rings. The molecule has 4 heterocycles. The lowest BCUT2D eigenvalue weighted by atomic mass is 10.1. The Bertz CT molecular complexity index is 1320. The van der Waals surface area contributed by atoms with Crippen LogP contribution in [0.15, 0.2) is 28.4 Å². The molecule has 0 radical (unpaired) electrons. The van der Waals surface area contributed by atoms with Crippen LogP contribution in [0.2, 0.25) is 0 Å². The lowest BCUT2D eigenvalue weighted by Crippen LogP contribution is -2.36. The van der Waals surface area contributed by atoms with E-state index in [1.54, 1.807) is 15.4 Å². The maximum Gasteiger partial charge on any atom is 0.341 e. The van der Waals surface area contributed by atoms with Crippen LogP contribution < -0.4 is 10.3 Å². The molecule has 3 aromatic heterocycles. The number of carbonyl (C=O) groups is 1. The average Bonchev–Trinajstić information content (AvgIpc) is 3.57. The molecule has 2 aliphatic rings. The highest BCUT2D eigenvalue weighted by atomic mass is 19.1. The molecule has 0 unspecified atom stereocenters. The summed E-state index contributed by atoms with van der Waals surface area (Å²) in [6.45, 7) is 3.40. The Labute approximate surface area is 193 Å². The first-order valence-electron chi connectivity index (χ1n) is 11.3. The van der Waals surface area contributed by atoms with Crippen molar-refractivity contribution < 1.29 is 19.1 Å². The van der Waals surface area contributed by atoms with Gasteiger partial charge >= 0.3 is 5.97 Å². The zero-order chi connectivity index (χ0) is 23.8. The van der Waals surface area contributed by atoms with E-state index in [4.69, 9.17) is 4.84 Å². The highest BCUT2D eigenvalue weighted by Gasteiger charge is 2.30. The van der Waals surface area contributed by atoms with Gasteiger partial charge in [-0.15, -0.1) is 5.10 Å². The number of aromatic nitrogens is 5. The predicted molar refractivity (Wildman–Crippen MR) is 121 cm³/mol.